The van der Waals surface area contributed by atoms with Crippen molar-refractivity contribution in [2.24, 2.45) is 0 Å². The fourth-order valence-electron chi connectivity index (χ4n) is 1.98. The van der Waals surface area contributed by atoms with Crippen molar-refractivity contribution in [1.82, 2.24) is 4.90 Å². The molecule has 0 bridgehead atoms. The largest absolute Gasteiger partial charge is 0.526 e. The molecule has 0 aliphatic carbocycles. The molecular weight excluding hydrogens is 318 g/mol. The summed E-state index contributed by atoms with van der Waals surface area (Å²) in [5.41, 5.74) is 2.77. The first-order valence-corrected chi connectivity index (χ1v) is 7.53. The highest BCUT2D eigenvalue weighted by Gasteiger charge is 2.18. The van der Waals surface area contributed by atoms with E-state index in [1.54, 1.807) is 0 Å². The second-order valence-electron chi connectivity index (χ2n) is 4.38. The third kappa shape index (κ3) is 4.52. The Labute approximate surface area is 129 Å². The Morgan fingerprint density at radius 2 is 1.80 bits per heavy atom. The molecule has 0 atom stereocenters. The van der Waals surface area contributed by atoms with E-state index in [2.05, 4.69) is 30.5 Å². The molecule has 1 heterocycles. The molecule has 0 saturated heterocycles. The van der Waals surface area contributed by atoms with Crippen molar-refractivity contribution in [3.8, 4) is 0 Å². The van der Waals surface area contributed by atoms with Gasteiger partial charge < -0.3 is 9.64 Å². The van der Waals surface area contributed by atoms with Crippen LogP contribution in [0, 0.1) is 13.1 Å². The maximum atomic E-state index is 7.01. The van der Waals surface area contributed by atoms with Crippen molar-refractivity contribution in [1.29, 1.82) is 0 Å². The smallest absolute Gasteiger partial charge is 0.380 e. The van der Waals surface area contributed by atoms with E-state index in [4.69, 9.17) is 17.9 Å². The Kier molecular flexibility index (Phi) is 7.08. The van der Waals surface area contributed by atoms with Gasteiger partial charge in [0.05, 0.1) is 12.2 Å². The summed E-state index contributed by atoms with van der Waals surface area (Å²) >= 11 is 3.37. The van der Waals surface area contributed by atoms with Gasteiger partial charge in [0.1, 0.15) is 13.1 Å². The van der Waals surface area contributed by atoms with Crippen molar-refractivity contribution >= 4 is 15.9 Å². The Morgan fingerprint density at radius 1 is 1.20 bits per heavy atom. The summed E-state index contributed by atoms with van der Waals surface area (Å²) in [7, 11) is 0. The van der Waals surface area contributed by atoms with Gasteiger partial charge >= 0.3 is 5.82 Å². The van der Waals surface area contributed by atoms with Crippen molar-refractivity contribution in [3.05, 3.63) is 57.8 Å². The molecule has 5 heteroatoms. The standard InChI is InChI=1S/C15H18BrN3O/c1-12-10-14(15(17-3)18-4)11-13(2)19(12)7-9-20-8-5-6-16/h10-11H,5-9H2,1-2H3. The zero-order valence-corrected chi connectivity index (χ0v) is 13.4. The van der Waals surface area contributed by atoms with Gasteiger partial charge in [0.2, 0.25) is 0 Å². The van der Waals surface area contributed by atoms with Crippen LogP contribution in [-0.2, 0) is 4.74 Å². The fraction of sp³-hybridized carbons (Fsp3) is 0.467. The third-order valence-electron chi connectivity index (χ3n) is 2.93. The highest BCUT2D eigenvalue weighted by molar-refractivity contribution is 9.09. The van der Waals surface area contributed by atoms with E-state index in [1.165, 1.54) is 0 Å². The lowest BCUT2D eigenvalue weighted by Crippen LogP contribution is -2.26. The summed E-state index contributed by atoms with van der Waals surface area (Å²) in [6.07, 6.45) is 4.78. The summed E-state index contributed by atoms with van der Waals surface area (Å²) < 4.78 is 5.55. The van der Waals surface area contributed by atoms with Crippen molar-refractivity contribution in [2.75, 3.05) is 25.1 Å². The molecule has 0 aromatic carbocycles. The second-order valence-corrected chi connectivity index (χ2v) is 5.17. The molecule has 1 aliphatic rings. The van der Waals surface area contributed by atoms with Crippen LogP contribution in [0.15, 0.2) is 34.9 Å². The number of hydrogen-bond donors (Lipinski definition) is 0. The van der Waals surface area contributed by atoms with Crippen LogP contribution >= 0.6 is 15.9 Å². The fourth-order valence-corrected chi connectivity index (χ4v) is 2.21. The molecule has 1 aliphatic heterocycles. The topological polar surface area (TPSA) is 21.2 Å². The van der Waals surface area contributed by atoms with Gasteiger partial charge in [-0.25, -0.2) is 0 Å². The van der Waals surface area contributed by atoms with E-state index in [-0.39, 0.29) is 5.82 Å². The highest BCUT2D eigenvalue weighted by atomic mass is 79.9. The average Bonchev–Trinajstić information content (AvgIpc) is 2.42. The lowest BCUT2D eigenvalue weighted by atomic mass is 10.1. The summed E-state index contributed by atoms with van der Waals surface area (Å²) in [6.45, 7) is 20.2. The monoisotopic (exact) mass is 335 g/mol. The molecule has 0 aromatic heterocycles. The van der Waals surface area contributed by atoms with Crippen molar-refractivity contribution < 1.29 is 4.74 Å². The maximum Gasteiger partial charge on any atom is 0.526 e. The van der Waals surface area contributed by atoms with E-state index in [9.17, 15) is 0 Å². The number of nitrogens with zero attached hydrogens (tertiary/aromatic N) is 3. The zero-order valence-electron chi connectivity index (χ0n) is 11.8. The van der Waals surface area contributed by atoms with Gasteiger partial charge in [-0.2, -0.15) is 9.69 Å². The van der Waals surface area contributed by atoms with E-state index < -0.39 is 0 Å². The van der Waals surface area contributed by atoms with Gasteiger partial charge in [0.15, 0.2) is 0 Å². The quantitative estimate of drug-likeness (QED) is 0.416. The predicted octanol–water partition coefficient (Wildman–Crippen LogP) is 3.96. The van der Waals surface area contributed by atoms with E-state index in [0.29, 0.717) is 12.2 Å². The Bertz CT molecular complexity index is 482. The predicted molar refractivity (Wildman–Crippen MR) is 83.7 cm³/mol. The first-order chi connectivity index (χ1) is 9.63. The average molecular weight is 336 g/mol. The molecule has 20 heavy (non-hydrogen) atoms. The molecule has 0 spiro atoms. The Hall–Kier alpha value is -1.56. The Balaban J connectivity index is 2.69. The maximum absolute atomic E-state index is 7.01. The number of halogens is 1. The summed E-state index contributed by atoms with van der Waals surface area (Å²) in [4.78, 5) is 8.66. The number of alkyl halides is 1. The van der Waals surface area contributed by atoms with E-state index >= 15 is 0 Å². The van der Waals surface area contributed by atoms with Gasteiger partial charge in [-0.15, -0.1) is 0 Å². The molecule has 0 unspecified atom stereocenters. The SMILES string of the molecule is [C-]#[N+]C([N+]#[C-])=C1C=C(C)N(CCOCCCBr)C(C)=C1. The number of hydrogen-bond acceptors (Lipinski definition) is 2. The number of ether oxygens (including phenoxy) is 1. The molecular formula is C15H18BrN3O. The van der Waals surface area contributed by atoms with Gasteiger partial charge in [-0.05, 0) is 32.4 Å². The van der Waals surface area contributed by atoms with Gasteiger partial charge in [-0.1, -0.05) is 15.9 Å². The molecule has 4 nitrogen and oxygen atoms in total. The highest BCUT2D eigenvalue weighted by Crippen LogP contribution is 2.25. The molecule has 0 amide bonds. The summed E-state index contributed by atoms with van der Waals surface area (Å²) in [5, 5.41) is 0.957. The zero-order chi connectivity index (χ0) is 15.0. The van der Waals surface area contributed by atoms with Crippen LogP contribution in [0.5, 0.6) is 0 Å². The van der Waals surface area contributed by atoms with Gasteiger partial charge in [0.25, 0.3) is 0 Å². The number of rotatable bonds is 6. The van der Waals surface area contributed by atoms with Crippen LogP contribution in [0.25, 0.3) is 9.69 Å². The molecule has 0 fully saturated rings. The van der Waals surface area contributed by atoms with Crippen molar-refractivity contribution in [2.45, 2.75) is 20.3 Å². The van der Waals surface area contributed by atoms with Crippen LogP contribution in [0.2, 0.25) is 0 Å². The Morgan fingerprint density at radius 3 is 2.30 bits per heavy atom. The molecule has 0 N–H and O–H groups in total. The lowest BCUT2D eigenvalue weighted by Gasteiger charge is -2.29. The summed E-state index contributed by atoms with van der Waals surface area (Å²) in [5.74, 6) is 0.122. The first kappa shape index (κ1) is 16.5. The van der Waals surface area contributed by atoms with Crippen LogP contribution in [-0.4, -0.2) is 30.0 Å². The second kappa shape index (κ2) is 8.58. The van der Waals surface area contributed by atoms with Crippen LogP contribution in [0.4, 0.5) is 0 Å². The summed E-state index contributed by atoms with van der Waals surface area (Å²) in [6, 6.07) is 0. The first-order valence-electron chi connectivity index (χ1n) is 6.41. The molecule has 0 aromatic rings. The van der Waals surface area contributed by atoms with Crippen LogP contribution < -0.4 is 0 Å². The minimum absolute atomic E-state index is 0.122. The number of allylic oxidation sites excluding steroid dienone is 5. The molecule has 0 saturated carbocycles. The van der Waals surface area contributed by atoms with Crippen molar-refractivity contribution in [3.63, 3.8) is 0 Å². The minimum atomic E-state index is 0.122. The molecule has 0 radical (unpaired) electrons. The van der Waals surface area contributed by atoms with E-state index in [1.807, 2.05) is 26.0 Å². The van der Waals surface area contributed by atoms with Crippen LogP contribution in [0.1, 0.15) is 20.3 Å². The third-order valence-corrected chi connectivity index (χ3v) is 3.49. The van der Waals surface area contributed by atoms with Crippen LogP contribution in [0.3, 0.4) is 0 Å². The normalized spacial score (nSPS) is 14.2. The lowest BCUT2D eigenvalue weighted by molar-refractivity contribution is 0.121. The van der Waals surface area contributed by atoms with E-state index in [0.717, 1.165) is 36.3 Å². The van der Waals surface area contributed by atoms with Gasteiger partial charge in [-0.3, -0.25) is 0 Å². The molecule has 1 rings (SSSR count). The van der Waals surface area contributed by atoms with Gasteiger partial charge in [0, 0.05) is 29.9 Å². The molecule has 106 valence electrons. The minimum Gasteiger partial charge on any atom is -0.380 e.